The van der Waals surface area contributed by atoms with Crippen molar-refractivity contribution in [3.63, 3.8) is 0 Å². The van der Waals surface area contributed by atoms with E-state index in [2.05, 4.69) is 0 Å². The molecule has 1 aromatic rings. The fraction of sp³-hybridized carbons (Fsp3) is 0.550. The summed E-state index contributed by atoms with van der Waals surface area (Å²) < 4.78 is 0.874. The molecule has 0 aromatic carbocycles. The fourth-order valence-corrected chi connectivity index (χ4v) is 3.73. The number of aromatic hydroxyl groups is 2. The Labute approximate surface area is 153 Å². The van der Waals surface area contributed by atoms with Gasteiger partial charge in [-0.1, -0.05) is 33.3 Å². The summed E-state index contributed by atoms with van der Waals surface area (Å²) in [5.41, 5.74) is -0.530. The van der Waals surface area contributed by atoms with Crippen LogP contribution in [0.15, 0.2) is 18.3 Å². The summed E-state index contributed by atoms with van der Waals surface area (Å²) in [6, 6.07) is 0. The van der Waals surface area contributed by atoms with Gasteiger partial charge in [-0.3, -0.25) is 14.4 Å². The number of allylic oxidation sites excluding steroid dienone is 2. The van der Waals surface area contributed by atoms with E-state index in [4.69, 9.17) is 0 Å². The number of ketones is 2. The summed E-state index contributed by atoms with van der Waals surface area (Å²) in [6.07, 6.45) is 6.39. The van der Waals surface area contributed by atoms with Crippen LogP contribution in [0.5, 0.6) is 11.6 Å². The first-order chi connectivity index (χ1) is 12.1. The SMILES string of the molecule is CCCC=CC(=O)n1cc(O)c(C(=O)CC2CC(C(C)=O)C2(C)C)c1O. The van der Waals surface area contributed by atoms with Crippen LogP contribution in [0.2, 0.25) is 0 Å². The van der Waals surface area contributed by atoms with Crippen molar-refractivity contribution in [2.75, 3.05) is 0 Å². The predicted molar refractivity (Wildman–Crippen MR) is 97.4 cm³/mol. The van der Waals surface area contributed by atoms with Crippen LogP contribution in [0.25, 0.3) is 0 Å². The second kappa shape index (κ2) is 7.48. The summed E-state index contributed by atoms with van der Waals surface area (Å²) in [4.78, 5) is 36.3. The molecule has 1 fully saturated rings. The van der Waals surface area contributed by atoms with Crippen LogP contribution >= 0.6 is 0 Å². The van der Waals surface area contributed by atoms with Gasteiger partial charge in [0, 0.05) is 12.3 Å². The molecule has 0 radical (unpaired) electrons. The Morgan fingerprint density at radius 3 is 2.50 bits per heavy atom. The molecule has 0 aliphatic heterocycles. The topological polar surface area (TPSA) is 96.6 Å². The van der Waals surface area contributed by atoms with Crippen LogP contribution in [0.1, 0.15) is 68.5 Å². The average molecular weight is 361 g/mol. The molecule has 142 valence electrons. The molecule has 1 saturated carbocycles. The number of carbonyl (C=O) groups excluding carboxylic acids is 3. The number of hydrogen-bond acceptors (Lipinski definition) is 5. The van der Waals surface area contributed by atoms with E-state index in [1.165, 1.54) is 6.08 Å². The van der Waals surface area contributed by atoms with Crippen LogP contribution in [0.3, 0.4) is 0 Å². The van der Waals surface area contributed by atoms with E-state index in [0.29, 0.717) is 6.42 Å². The number of Topliss-reactive ketones (excluding diaryl/α,β-unsaturated/α-hetero) is 2. The highest BCUT2D eigenvalue weighted by Gasteiger charge is 2.50. The molecule has 2 atom stereocenters. The van der Waals surface area contributed by atoms with Gasteiger partial charge < -0.3 is 10.2 Å². The first kappa shape index (κ1) is 19.9. The lowest BCUT2D eigenvalue weighted by Crippen LogP contribution is -2.48. The quantitative estimate of drug-likeness (QED) is 0.570. The number of carbonyl (C=O) groups is 3. The van der Waals surface area contributed by atoms with E-state index in [1.807, 2.05) is 20.8 Å². The molecular formula is C20H27NO5. The molecule has 6 heteroatoms. The molecule has 0 amide bonds. The van der Waals surface area contributed by atoms with Gasteiger partial charge in [-0.2, -0.15) is 0 Å². The third-order valence-corrected chi connectivity index (χ3v) is 5.58. The minimum Gasteiger partial charge on any atom is -0.505 e. The second-order valence-corrected chi connectivity index (χ2v) is 7.66. The van der Waals surface area contributed by atoms with Gasteiger partial charge in [0.25, 0.3) is 5.91 Å². The van der Waals surface area contributed by atoms with E-state index in [1.54, 1.807) is 13.0 Å². The zero-order chi connectivity index (χ0) is 19.6. The van der Waals surface area contributed by atoms with Gasteiger partial charge in [0.2, 0.25) is 5.88 Å². The molecule has 1 heterocycles. The minimum absolute atomic E-state index is 0.00815. The molecule has 2 rings (SSSR count). The van der Waals surface area contributed by atoms with E-state index >= 15 is 0 Å². The zero-order valence-corrected chi connectivity index (χ0v) is 15.8. The third-order valence-electron chi connectivity index (χ3n) is 5.58. The minimum atomic E-state index is -0.543. The largest absolute Gasteiger partial charge is 0.505 e. The lowest BCUT2D eigenvalue weighted by molar-refractivity contribution is -0.135. The average Bonchev–Trinajstić information content (AvgIpc) is 2.85. The number of aromatic nitrogens is 1. The van der Waals surface area contributed by atoms with Gasteiger partial charge in [-0.25, -0.2) is 4.57 Å². The smallest absolute Gasteiger partial charge is 0.257 e. The van der Waals surface area contributed by atoms with Crippen LogP contribution < -0.4 is 0 Å². The number of hydrogen-bond donors (Lipinski definition) is 2. The second-order valence-electron chi connectivity index (χ2n) is 7.66. The van der Waals surface area contributed by atoms with Gasteiger partial charge in [0.05, 0.1) is 6.20 Å². The predicted octanol–water partition coefficient (Wildman–Crippen LogP) is 3.72. The normalized spacial score (nSPS) is 21.5. The van der Waals surface area contributed by atoms with E-state index in [0.717, 1.165) is 23.6 Å². The van der Waals surface area contributed by atoms with Crippen molar-refractivity contribution < 1.29 is 24.6 Å². The lowest BCUT2D eigenvalue weighted by atomic mass is 9.52. The van der Waals surface area contributed by atoms with Crippen LogP contribution in [-0.2, 0) is 4.79 Å². The molecule has 0 spiro atoms. The van der Waals surface area contributed by atoms with E-state index < -0.39 is 23.3 Å². The summed E-state index contributed by atoms with van der Waals surface area (Å²) in [5.74, 6) is -1.87. The molecule has 0 bridgehead atoms. The Morgan fingerprint density at radius 1 is 1.31 bits per heavy atom. The lowest BCUT2D eigenvalue weighted by Gasteiger charge is -2.51. The van der Waals surface area contributed by atoms with Crippen molar-refractivity contribution in [3.8, 4) is 11.6 Å². The van der Waals surface area contributed by atoms with Crippen molar-refractivity contribution >= 4 is 17.5 Å². The number of rotatable bonds is 7. The maximum atomic E-state index is 12.6. The Hall–Kier alpha value is -2.37. The van der Waals surface area contributed by atoms with Crippen molar-refractivity contribution in [2.24, 2.45) is 17.3 Å². The van der Waals surface area contributed by atoms with Crippen molar-refractivity contribution in [3.05, 3.63) is 23.9 Å². The molecular weight excluding hydrogens is 334 g/mol. The van der Waals surface area contributed by atoms with Crippen molar-refractivity contribution in [1.29, 1.82) is 0 Å². The highest BCUT2D eigenvalue weighted by molar-refractivity contribution is 6.03. The van der Waals surface area contributed by atoms with Crippen molar-refractivity contribution in [1.82, 2.24) is 4.57 Å². The van der Waals surface area contributed by atoms with Gasteiger partial charge in [-0.05, 0) is 37.2 Å². The van der Waals surface area contributed by atoms with Crippen LogP contribution in [-0.4, -0.2) is 32.3 Å². The first-order valence-corrected chi connectivity index (χ1v) is 8.99. The van der Waals surface area contributed by atoms with Crippen LogP contribution in [0, 0.1) is 17.3 Å². The van der Waals surface area contributed by atoms with Gasteiger partial charge in [0.1, 0.15) is 17.1 Å². The summed E-state index contributed by atoms with van der Waals surface area (Å²) >= 11 is 0. The maximum Gasteiger partial charge on any atom is 0.257 e. The monoisotopic (exact) mass is 361 g/mol. The molecule has 6 nitrogen and oxygen atoms in total. The number of unbranched alkanes of at least 4 members (excludes halogenated alkanes) is 1. The van der Waals surface area contributed by atoms with E-state index in [-0.39, 0.29) is 35.0 Å². The van der Waals surface area contributed by atoms with Crippen molar-refractivity contribution in [2.45, 2.75) is 53.4 Å². The highest BCUT2D eigenvalue weighted by atomic mass is 16.3. The summed E-state index contributed by atoms with van der Waals surface area (Å²) in [6.45, 7) is 7.43. The van der Waals surface area contributed by atoms with Gasteiger partial charge in [0.15, 0.2) is 5.78 Å². The van der Waals surface area contributed by atoms with Crippen LogP contribution in [0.4, 0.5) is 0 Å². The Bertz CT molecular complexity index is 756. The zero-order valence-electron chi connectivity index (χ0n) is 15.8. The fourth-order valence-electron chi connectivity index (χ4n) is 3.73. The summed E-state index contributed by atoms with van der Waals surface area (Å²) in [5, 5.41) is 20.3. The molecule has 1 aromatic heterocycles. The summed E-state index contributed by atoms with van der Waals surface area (Å²) in [7, 11) is 0. The Balaban J connectivity index is 2.16. The first-order valence-electron chi connectivity index (χ1n) is 8.99. The van der Waals surface area contributed by atoms with Gasteiger partial charge in [-0.15, -0.1) is 0 Å². The Kier molecular flexibility index (Phi) is 5.74. The highest BCUT2D eigenvalue weighted by Crippen LogP contribution is 2.53. The Morgan fingerprint density at radius 2 is 1.96 bits per heavy atom. The maximum absolute atomic E-state index is 12.6. The molecule has 1 aliphatic carbocycles. The van der Waals surface area contributed by atoms with E-state index in [9.17, 15) is 24.6 Å². The molecule has 2 unspecified atom stereocenters. The molecule has 1 aliphatic rings. The number of nitrogens with zero attached hydrogens (tertiary/aromatic N) is 1. The standard InChI is InChI=1S/C20H27NO5/c1-5-6-7-8-17(25)21-11-16(24)18(19(21)26)15(23)10-13-9-14(12(2)22)20(13,3)4/h7-8,11,13-14,24,26H,5-6,9-10H2,1-4H3. The molecule has 2 N–H and O–H groups in total. The van der Waals surface area contributed by atoms with Gasteiger partial charge >= 0.3 is 0 Å². The third kappa shape index (κ3) is 3.59. The molecule has 0 saturated heterocycles. The molecule has 26 heavy (non-hydrogen) atoms.